The van der Waals surface area contributed by atoms with Crippen LogP contribution in [0.3, 0.4) is 0 Å². The van der Waals surface area contributed by atoms with E-state index >= 15 is 4.39 Å². The number of carbonyl (C=O) groups is 2. The summed E-state index contributed by atoms with van der Waals surface area (Å²) in [6.07, 6.45) is -1.73. The molecule has 2 aliphatic rings. The molecule has 0 radical (unpaired) electrons. The summed E-state index contributed by atoms with van der Waals surface area (Å²) in [6.45, 7) is 1.79. The Bertz CT molecular complexity index is 1230. The SMILES string of the molecule is CC(C)(Oc1ccc(Cl)cc1Cl)C(=O)NC1CC2CCC(C1)N2c1ccc(NC(=O)NCC(F)(F)F)cc1F. The molecule has 2 aromatic carbocycles. The number of nitrogens with one attached hydrogen (secondary N) is 3. The second kappa shape index (κ2) is 11.3. The molecule has 0 aliphatic carbocycles. The number of alkyl halides is 3. The molecule has 212 valence electrons. The Kier molecular flexibility index (Phi) is 8.41. The average Bonchev–Trinajstić information content (AvgIpc) is 3.08. The van der Waals surface area contributed by atoms with Crippen molar-refractivity contribution in [1.82, 2.24) is 10.6 Å². The largest absolute Gasteiger partial charge is 0.476 e. The van der Waals surface area contributed by atoms with Gasteiger partial charge >= 0.3 is 12.2 Å². The van der Waals surface area contributed by atoms with Crippen molar-refractivity contribution in [1.29, 1.82) is 0 Å². The summed E-state index contributed by atoms with van der Waals surface area (Å²) in [5, 5.41) is 7.69. The van der Waals surface area contributed by atoms with Gasteiger partial charge in [0.05, 0.1) is 10.7 Å². The minimum atomic E-state index is -4.55. The fraction of sp³-hybridized carbons (Fsp3) is 0.462. The third-order valence-electron chi connectivity index (χ3n) is 6.81. The average molecular weight is 591 g/mol. The van der Waals surface area contributed by atoms with Crippen LogP contribution in [0.4, 0.5) is 33.7 Å². The van der Waals surface area contributed by atoms with Gasteiger partial charge in [-0.25, -0.2) is 9.18 Å². The summed E-state index contributed by atoms with van der Waals surface area (Å²) >= 11 is 12.1. The zero-order chi connectivity index (χ0) is 28.5. The highest BCUT2D eigenvalue weighted by molar-refractivity contribution is 6.35. The van der Waals surface area contributed by atoms with Crippen LogP contribution in [0.2, 0.25) is 10.0 Å². The lowest BCUT2D eigenvalue weighted by Crippen LogP contribution is -2.55. The van der Waals surface area contributed by atoms with Gasteiger partial charge in [0.15, 0.2) is 5.60 Å². The third-order valence-corrected chi connectivity index (χ3v) is 7.34. The highest BCUT2D eigenvalue weighted by atomic mass is 35.5. The Hall–Kier alpha value is -2.92. The predicted molar refractivity (Wildman–Crippen MR) is 141 cm³/mol. The lowest BCUT2D eigenvalue weighted by atomic mass is 9.95. The molecule has 0 saturated carbocycles. The number of carbonyl (C=O) groups excluding carboxylic acids is 2. The van der Waals surface area contributed by atoms with Crippen molar-refractivity contribution < 1.29 is 31.9 Å². The summed E-state index contributed by atoms with van der Waals surface area (Å²) < 4.78 is 57.8. The Morgan fingerprint density at radius 3 is 2.31 bits per heavy atom. The number of amides is 3. The number of benzene rings is 2. The summed E-state index contributed by atoms with van der Waals surface area (Å²) in [7, 11) is 0. The maximum atomic E-state index is 15.1. The molecule has 2 atom stereocenters. The lowest BCUT2D eigenvalue weighted by Gasteiger charge is -2.41. The monoisotopic (exact) mass is 590 g/mol. The first-order valence-electron chi connectivity index (χ1n) is 12.4. The van der Waals surface area contributed by atoms with Crippen LogP contribution in [0.1, 0.15) is 39.5 Å². The molecule has 3 amide bonds. The van der Waals surface area contributed by atoms with Gasteiger partial charge in [-0.2, -0.15) is 13.2 Å². The molecular formula is C26H28Cl2F4N4O3. The number of hydrogen-bond donors (Lipinski definition) is 3. The minimum absolute atomic E-state index is 0.0211. The van der Waals surface area contributed by atoms with Crippen molar-refractivity contribution in [3.05, 3.63) is 52.3 Å². The number of anilines is 2. The number of hydrogen-bond acceptors (Lipinski definition) is 4. The summed E-state index contributed by atoms with van der Waals surface area (Å²) in [6, 6.07) is 7.52. The number of halogens is 6. The number of piperidine rings is 1. The zero-order valence-electron chi connectivity index (χ0n) is 21.2. The van der Waals surface area contributed by atoms with E-state index < -0.39 is 30.2 Å². The van der Waals surface area contributed by atoms with Crippen molar-refractivity contribution >= 4 is 46.5 Å². The van der Waals surface area contributed by atoms with E-state index in [1.165, 1.54) is 18.2 Å². The van der Waals surface area contributed by atoms with Crippen molar-refractivity contribution in [2.75, 3.05) is 16.8 Å². The van der Waals surface area contributed by atoms with Crippen LogP contribution in [-0.2, 0) is 4.79 Å². The predicted octanol–water partition coefficient (Wildman–Crippen LogP) is 6.29. The van der Waals surface area contributed by atoms with Gasteiger partial charge in [-0.05, 0) is 75.9 Å². The molecule has 0 aromatic heterocycles. The van der Waals surface area contributed by atoms with Gasteiger partial charge in [-0.3, -0.25) is 4.79 Å². The fourth-order valence-electron chi connectivity index (χ4n) is 5.08. The van der Waals surface area contributed by atoms with Crippen molar-refractivity contribution in [3.63, 3.8) is 0 Å². The molecule has 2 heterocycles. The molecular weight excluding hydrogens is 563 g/mol. The Balaban J connectivity index is 1.36. The van der Waals surface area contributed by atoms with Crippen LogP contribution in [0, 0.1) is 5.82 Å². The first-order valence-corrected chi connectivity index (χ1v) is 13.1. The Morgan fingerprint density at radius 1 is 1.05 bits per heavy atom. The van der Waals surface area contributed by atoms with E-state index in [4.69, 9.17) is 27.9 Å². The van der Waals surface area contributed by atoms with E-state index in [-0.39, 0.29) is 29.7 Å². The van der Waals surface area contributed by atoms with Gasteiger partial charge in [-0.15, -0.1) is 0 Å². The molecule has 2 aromatic rings. The maximum absolute atomic E-state index is 15.1. The second-order valence-corrected chi connectivity index (χ2v) is 11.1. The molecule has 3 N–H and O–H groups in total. The summed E-state index contributed by atoms with van der Waals surface area (Å²) in [5.74, 6) is -0.573. The van der Waals surface area contributed by atoms with E-state index in [2.05, 4.69) is 10.6 Å². The van der Waals surface area contributed by atoms with E-state index in [0.717, 1.165) is 18.9 Å². The topological polar surface area (TPSA) is 82.7 Å². The van der Waals surface area contributed by atoms with Gasteiger partial charge in [0.2, 0.25) is 0 Å². The molecule has 39 heavy (non-hydrogen) atoms. The maximum Gasteiger partial charge on any atom is 0.405 e. The molecule has 13 heteroatoms. The molecule has 7 nitrogen and oxygen atoms in total. The molecule has 4 rings (SSSR count). The fourth-order valence-corrected chi connectivity index (χ4v) is 5.52. The smallest absolute Gasteiger partial charge is 0.405 e. The van der Waals surface area contributed by atoms with Gasteiger partial charge < -0.3 is 25.6 Å². The van der Waals surface area contributed by atoms with E-state index in [1.807, 2.05) is 4.90 Å². The normalized spacial score (nSPS) is 20.9. The van der Waals surface area contributed by atoms with Gasteiger partial charge in [0.1, 0.15) is 18.1 Å². The van der Waals surface area contributed by atoms with Crippen molar-refractivity contribution in [3.8, 4) is 5.75 Å². The number of urea groups is 1. The molecule has 2 bridgehead atoms. The number of fused-ring (bicyclic) bond motifs is 2. The number of ether oxygens (including phenoxy) is 1. The molecule has 0 spiro atoms. The van der Waals surface area contributed by atoms with Crippen LogP contribution in [0.5, 0.6) is 5.75 Å². The van der Waals surface area contributed by atoms with Crippen molar-refractivity contribution in [2.45, 2.75) is 69.4 Å². The molecule has 2 aliphatic heterocycles. The Labute approximate surface area is 233 Å². The third kappa shape index (κ3) is 7.19. The standard InChI is InChI=1S/C26H28Cl2F4N4O3/c1-25(2,39-22-8-3-14(27)9-19(22)28)23(37)34-16-10-17-5-6-18(11-16)36(17)21-7-4-15(12-20(21)29)35-24(38)33-13-26(30,31)32/h3-4,7-9,12,16-18H,5-6,10-11,13H2,1-2H3,(H,34,37)(H2,33,35,38). The lowest BCUT2D eigenvalue weighted by molar-refractivity contribution is -0.135. The summed E-state index contributed by atoms with van der Waals surface area (Å²) in [5.41, 5.74) is -0.836. The van der Waals surface area contributed by atoms with Crippen LogP contribution in [0.25, 0.3) is 0 Å². The van der Waals surface area contributed by atoms with Crippen LogP contribution < -0.4 is 25.6 Å². The number of rotatable bonds is 7. The summed E-state index contributed by atoms with van der Waals surface area (Å²) in [4.78, 5) is 26.8. The van der Waals surface area contributed by atoms with Gasteiger partial charge in [0.25, 0.3) is 5.91 Å². The highest BCUT2D eigenvalue weighted by Crippen LogP contribution is 2.41. The molecule has 2 fully saturated rings. The van der Waals surface area contributed by atoms with Crippen molar-refractivity contribution in [2.24, 2.45) is 0 Å². The minimum Gasteiger partial charge on any atom is -0.476 e. The van der Waals surface area contributed by atoms with E-state index in [9.17, 15) is 22.8 Å². The van der Waals surface area contributed by atoms with Crippen LogP contribution in [0.15, 0.2) is 36.4 Å². The quantitative estimate of drug-likeness (QED) is 0.331. The molecule has 2 saturated heterocycles. The zero-order valence-corrected chi connectivity index (χ0v) is 22.7. The first kappa shape index (κ1) is 29.1. The number of nitrogens with zero attached hydrogens (tertiary/aromatic N) is 1. The van der Waals surface area contributed by atoms with Gasteiger partial charge in [-0.1, -0.05) is 23.2 Å². The second-order valence-electron chi connectivity index (χ2n) is 10.2. The van der Waals surface area contributed by atoms with Crippen LogP contribution in [-0.4, -0.2) is 48.4 Å². The van der Waals surface area contributed by atoms with E-state index in [1.54, 1.807) is 31.3 Å². The first-order chi connectivity index (χ1) is 18.2. The highest BCUT2D eigenvalue weighted by Gasteiger charge is 2.43. The van der Waals surface area contributed by atoms with Gasteiger partial charge in [0, 0.05) is 28.8 Å². The molecule has 2 unspecified atom stereocenters. The van der Waals surface area contributed by atoms with E-state index in [0.29, 0.717) is 34.3 Å². The Morgan fingerprint density at radius 2 is 1.72 bits per heavy atom. The van der Waals surface area contributed by atoms with Crippen LogP contribution >= 0.6 is 23.2 Å².